The van der Waals surface area contributed by atoms with Crippen molar-refractivity contribution in [3.05, 3.63) is 20.3 Å². The number of ether oxygens (including phenoxy) is 1. The highest BCUT2D eigenvalue weighted by Gasteiger charge is 2.47. The zero-order valence-electron chi connectivity index (χ0n) is 9.78. The molecular formula is C11H12IN3O4. The normalized spacial score (nSPS) is 30.2. The Labute approximate surface area is 122 Å². The summed E-state index contributed by atoms with van der Waals surface area (Å²) in [6.45, 7) is -0.532. The third-order valence-corrected chi connectivity index (χ3v) is 3.86. The first-order valence-electron chi connectivity index (χ1n) is 5.42. The van der Waals surface area contributed by atoms with Gasteiger partial charge in [0, 0.05) is 12.6 Å². The first kappa shape index (κ1) is 14.3. The van der Waals surface area contributed by atoms with Crippen LogP contribution in [0.5, 0.6) is 0 Å². The zero-order chi connectivity index (χ0) is 14.2. The van der Waals surface area contributed by atoms with Crippen LogP contribution in [0.1, 0.15) is 12.6 Å². The smallest absolute Gasteiger partial charge is 0.351 e. The first-order chi connectivity index (χ1) is 8.93. The van der Waals surface area contributed by atoms with Gasteiger partial charge in [0.1, 0.15) is 18.1 Å². The molecule has 8 heteroatoms. The van der Waals surface area contributed by atoms with Crippen molar-refractivity contribution in [1.82, 2.24) is 9.55 Å². The average Bonchev–Trinajstić information content (AvgIpc) is 2.71. The van der Waals surface area contributed by atoms with E-state index in [0.29, 0.717) is 3.57 Å². The molecule has 0 bridgehead atoms. The molecule has 1 saturated heterocycles. The number of terminal acetylenes is 1. The summed E-state index contributed by atoms with van der Waals surface area (Å²) in [6, 6.07) is 0. The number of halogens is 1. The molecule has 0 unspecified atom stereocenters. The largest absolute Gasteiger partial charge is 0.392 e. The van der Waals surface area contributed by atoms with E-state index < -0.39 is 30.2 Å². The molecule has 102 valence electrons. The van der Waals surface area contributed by atoms with Gasteiger partial charge in [0.05, 0.1) is 10.2 Å². The molecule has 0 amide bonds. The summed E-state index contributed by atoms with van der Waals surface area (Å²) < 4.78 is 7.25. The quantitative estimate of drug-likeness (QED) is 0.454. The minimum atomic E-state index is -1.49. The van der Waals surface area contributed by atoms with Gasteiger partial charge >= 0.3 is 5.69 Å². The SMILES string of the molecule is C#C[C@]1(CO)O[C@@H](n2cc(I)c(N)nc2=O)C[C@H]1O. The van der Waals surface area contributed by atoms with Crippen molar-refractivity contribution in [3.8, 4) is 12.3 Å². The van der Waals surface area contributed by atoms with Gasteiger partial charge in [-0.05, 0) is 22.6 Å². The topological polar surface area (TPSA) is 111 Å². The number of anilines is 1. The molecule has 0 aliphatic carbocycles. The van der Waals surface area contributed by atoms with Crippen molar-refractivity contribution in [2.75, 3.05) is 12.3 Å². The van der Waals surface area contributed by atoms with E-state index in [-0.39, 0.29) is 12.2 Å². The fourth-order valence-corrected chi connectivity index (χ4v) is 2.32. The van der Waals surface area contributed by atoms with E-state index >= 15 is 0 Å². The number of nitrogens with two attached hydrogens (primary N) is 1. The second kappa shape index (κ2) is 5.09. The Hall–Kier alpha value is -1.15. The summed E-state index contributed by atoms with van der Waals surface area (Å²) >= 11 is 1.93. The van der Waals surface area contributed by atoms with Gasteiger partial charge in [0.15, 0.2) is 5.60 Å². The maximum Gasteiger partial charge on any atom is 0.351 e. The predicted molar refractivity (Wildman–Crippen MR) is 75.0 cm³/mol. The van der Waals surface area contributed by atoms with E-state index in [1.54, 1.807) is 0 Å². The number of nitrogen functional groups attached to an aromatic ring is 1. The van der Waals surface area contributed by atoms with Crippen LogP contribution in [-0.2, 0) is 4.74 Å². The molecule has 1 aliphatic rings. The molecule has 19 heavy (non-hydrogen) atoms. The molecular weight excluding hydrogens is 365 g/mol. The van der Waals surface area contributed by atoms with Crippen LogP contribution in [0.25, 0.3) is 0 Å². The first-order valence-corrected chi connectivity index (χ1v) is 6.50. The molecule has 4 N–H and O–H groups in total. The van der Waals surface area contributed by atoms with Crippen molar-refractivity contribution in [2.24, 2.45) is 0 Å². The Morgan fingerprint density at radius 1 is 1.79 bits per heavy atom. The molecule has 1 aromatic rings. The number of hydrogen-bond acceptors (Lipinski definition) is 6. The van der Waals surface area contributed by atoms with Crippen LogP contribution in [-0.4, -0.2) is 38.1 Å². The molecule has 0 aromatic carbocycles. The molecule has 1 aromatic heterocycles. The average molecular weight is 377 g/mol. The number of aliphatic hydroxyl groups excluding tert-OH is 2. The summed E-state index contributed by atoms with van der Waals surface area (Å²) in [4.78, 5) is 15.4. The second-order valence-electron chi connectivity index (χ2n) is 4.18. The maximum absolute atomic E-state index is 11.8. The van der Waals surface area contributed by atoms with Crippen LogP contribution < -0.4 is 11.4 Å². The highest BCUT2D eigenvalue weighted by atomic mass is 127. The molecule has 0 radical (unpaired) electrons. The van der Waals surface area contributed by atoms with E-state index in [1.165, 1.54) is 10.8 Å². The molecule has 0 spiro atoms. The molecule has 1 aliphatic heterocycles. The number of aliphatic hydroxyl groups is 2. The third kappa shape index (κ3) is 2.34. The van der Waals surface area contributed by atoms with Gasteiger partial charge in [-0.25, -0.2) is 4.79 Å². The third-order valence-electron chi connectivity index (χ3n) is 3.03. The van der Waals surface area contributed by atoms with Crippen molar-refractivity contribution >= 4 is 28.4 Å². The van der Waals surface area contributed by atoms with Crippen molar-refractivity contribution < 1.29 is 14.9 Å². The number of aromatic nitrogens is 2. The Balaban J connectivity index is 2.39. The van der Waals surface area contributed by atoms with Crippen molar-refractivity contribution in [1.29, 1.82) is 0 Å². The van der Waals surface area contributed by atoms with Gasteiger partial charge in [-0.2, -0.15) is 4.98 Å². The van der Waals surface area contributed by atoms with Gasteiger partial charge in [-0.15, -0.1) is 6.42 Å². The van der Waals surface area contributed by atoms with Gasteiger partial charge < -0.3 is 20.7 Å². The van der Waals surface area contributed by atoms with Gasteiger partial charge in [0.2, 0.25) is 0 Å². The van der Waals surface area contributed by atoms with E-state index in [1.807, 2.05) is 22.6 Å². The van der Waals surface area contributed by atoms with Crippen LogP contribution in [0, 0.1) is 15.9 Å². The molecule has 2 heterocycles. The highest BCUT2D eigenvalue weighted by molar-refractivity contribution is 14.1. The van der Waals surface area contributed by atoms with E-state index in [4.69, 9.17) is 16.9 Å². The summed E-state index contributed by atoms with van der Waals surface area (Å²) in [5.74, 6) is 2.37. The van der Waals surface area contributed by atoms with Crippen LogP contribution in [0.3, 0.4) is 0 Å². The fourth-order valence-electron chi connectivity index (χ4n) is 1.90. The van der Waals surface area contributed by atoms with Gasteiger partial charge in [-0.1, -0.05) is 5.92 Å². The molecule has 7 nitrogen and oxygen atoms in total. The molecule has 0 saturated carbocycles. The lowest BCUT2D eigenvalue weighted by atomic mass is 9.99. The summed E-state index contributed by atoms with van der Waals surface area (Å²) in [5.41, 5.74) is 3.44. The van der Waals surface area contributed by atoms with Crippen LogP contribution in [0.2, 0.25) is 0 Å². The lowest BCUT2D eigenvalue weighted by Crippen LogP contribution is -2.41. The summed E-state index contributed by atoms with van der Waals surface area (Å²) in [7, 11) is 0. The minimum Gasteiger partial charge on any atom is -0.392 e. The predicted octanol–water partition coefficient (Wildman–Crippen LogP) is -0.926. The Morgan fingerprint density at radius 2 is 2.47 bits per heavy atom. The maximum atomic E-state index is 11.8. The van der Waals surface area contributed by atoms with Gasteiger partial charge in [0.25, 0.3) is 0 Å². The molecule has 1 fully saturated rings. The lowest BCUT2D eigenvalue weighted by Gasteiger charge is -2.23. The Morgan fingerprint density at radius 3 is 3.00 bits per heavy atom. The lowest BCUT2D eigenvalue weighted by molar-refractivity contribution is -0.0912. The number of rotatable bonds is 2. The van der Waals surface area contributed by atoms with Crippen LogP contribution >= 0.6 is 22.6 Å². The molecule has 3 atom stereocenters. The fraction of sp³-hybridized carbons (Fsp3) is 0.455. The van der Waals surface area contributed by atoms with Crippen LogP contribution in [0.15, 0.2) is 11.0 Å². The molecule has 2 rings (SSSR count). The van der Waals surface area contributed by atoms with Crippen molar-refractivity contribution in [3.63, 3.8) is 0 Å². The monoisotopic (exact) mass is 377 g/mol. The number of hydrogen-bond donors (Lipinski definition) is 3. The minimum absolute atomic E-state index is 0.0896. The summed E-state index contributed by atoms with van der Waals surface area (Å²) in [6.07, 6.45) is 5.01. The Bertz CT molecular complexity index is 597. The highest BCUT2D eigenvalue weighted by Crippen LogP contribution is 2.35. The summed E-state index contributed by atoms with van der Waals surface area (Å²) in [5, 5.41) is 19.2. The van der Waals surface area contributed by atoms with Gasteiger partial charge in [-0.3, -0.25) is 4.57 Å². The standard InChI is InChI=1S/C11H12IN3O4/c1-2-11(5-16)7(17)3-8(19-11)15-4-6(12)9(13)14-10(15)18/h1,4,7-8,16-17H,3,5H2,(H2,13,14,18)/t7-,8-,11-/m1/s1. The second-order valence-corrected chi connectivity index (χ2v) is 5.34. The van der Waals surface area contributed by atoms with E-state index in [9.17, 15) is 15.0 Å². The number of nitrogens with zero attached hydrogens (tertiary/aromatic N) is 2. The Kier molecular flexibility index (Phi) is 3.82. The van der Waals surface area contributed by atoms with E-state index in [0.717, 1.165) is 0 Å². The zero-order valence-corrected chi connectivity index (χ0v) is 11.9. The van der Waals surface area contributed by atoms with E-state index in [2.05, 4.69) is 10.9 Å². The van der Waals surface area contributed by atoms with Crippen LogP contribution in [0.4, 0.5) is 5.82 Å². The van der Waals surface area contributed by atoms with Crippen molar-refractivity contribution in [2.45, 2.75) is 24.4 Å².